The molecule has 3 rings (SSSR count). The highest BCUT2D eigenvalue weighted by atomic mass is 16.4. The highest BCUT2D eigenvalue weighted by Crippen LogP contribution is 2.38. The molecule has 8 nitrogen and oxygen atoms in total. The highest BCUT2D eigenvalue weighted by Gasteiger charge is 2.46. The maximum absolute atomic E-state index is 13.1. The lowest BCUT2D eigenvalue weighted by atomic mass is 9.76. The first-order valence-electron chi connectivity index (χ1n) is 14.1. The minimum Gasteiger partial charge on any atom is -0.508 e. The number of carboxylic acids is 1. The van der Waals surface area contributed by atoms with Crippen LogP contribution in [0.3, 0.4) is 0 Å². The molecule has 1 saturated carbocycles. The number of phenols is 2. The molecular weight excluding hydrogens is 470 g/mol. The first kappa shape index (κ1) is 29.2. The van der Waals surface area contributed by atoms with E-state index in [1.54, 1.807) is 11.0 Å². The van der Waals surface area contributed by atoms with Crippen LogP contribution in [0.1, 0.15) is 101 Å². The SMILES string of the molecule is CC(C)C[C@@](NCCCNC1CCN(C(=O)c2cc(C(C)C)c(O)cc2O)CC1)(C(=O)O)C1CCCC1. The van der Waals surface area contributed by atoms with E-state index in [0.29, 0.717) is 43.6 Å². The molecule has 37 heavy (non-hydrogen) atoms. The van der Waals surface area contributed by atoms with Gasteiger partial charge in [-0.25, -0.2) is 0 Å². The third kappa shape index (κ3) is 7.17. The van der Waals surface area contributed by atoms with E-state index in [1.165, 1.54) is 6.07 Å². The normalized spacial score (nSPS) is 19.0. The van der Waals surface area contributed by atoms with Crippen LogP contribution < -0.4 is 10.6 Å². The topological polar surface area (TPSA) is 122 Å². The molecule has 1 aliphatic heterocycles. The number of aromatic hydroxyl groups is 2. The number of carboxylic acid groups (broad SMARTS) is 1. The smallest absolute Gasteiger partial charge is 0.324 e. The van der Waals surface area contributed by atoms with Gasteiger partial charge in [-0.3, -0.25) is 9.59 Å². The average molecular weight is 518 g/mol. The lowest BCUT2D eigenvalue weighted by Gasteiger charge is -2.38. The Kier molecular flexibility index (Phi) is 10.2. The average Bonchev–Trinajstić information content (AvgIpc) is 3.38. The number of likely N-dealkylation sites (tertiary alicyclic amines) is 1. The van der Waals surface area contributed by atoms with Gasteiger partial charge in [0.1, 0.15) is 17.0 Å². The van der Waals surface area contributed by atoms with E-state index in [2.05, 4.69) is 24.5 Å². The Morgan fingerprint density at radius 1 is 1.00 bits per heavy atom. The number of carbonyl (C=O) groups excluding carboxylic acids is 1. The van der Waals surface area contributed by atoms with Gasteiger partial charge in [0.15, 0.2) is 0 Å². The van der Waals surface area contributed by atoms with E-state index in [-0.39, 0.29) is 34.8 Å². The number of hydrogen-bond donors (Lipinski definition) is 5. The molecule has 1 aromatic rings. The van der Waals surface area contributed by atoms with Crippen molar-refractivity contribution < 1.29 is 24.9 Å². The monoisotopic (exact) mass is 517 g/mol. The van der Waals surface area contributed by atoms with Gasteiger partial charge in [-0.05, 0) is 81.0 Å². The van der Waals surface area contributed by atoms with Crippen molar-refractivity contribution in [2.24, 2.45) is 11.8 Å². The van der Waals surface area contributed by atoms with Crippen molar-refractivity contribution in [1.29, 1.82) is 0 Å². The molecule has 1 aromatic carbocycles. The van der Waals surface area contributed by atoms with Crippen molar-refractivity contribution in [3.63, 3.8) is 0 Å². The molecular formula is C29H47N3O5. The number of carbonyl (C=O) groups is 2. The summed E-state index contributed by atoms with van der Waals surface area (Å²) in [4.78, 5) is 27.2. The first-order valence-corrected chi connectivity index (χ1v) is 14.1. The Hall–Kier alpha value is -2.32. The summed E-state index contributed by atoms with van der Waals surface area (Å²) in [5, 5.41) is 37.6. The Labute approximate surface area is 221 Å². The van der Waals surface area contributed by atoms with E-state index >= 15 is 0 Å². The van der Waals surface area contributed by atoms with Gasteiger partial charge in [-0.2, -0.15) is 0 Å². The van der Waals surface area contributed by atoms with Gasteiger partial charge in [0.25, 0.3) is 5.91 Å². The molecule has 0 aromatic heterocycles. The minimum absolute atomic E-state index is 0.00879. The zero-order chi connectivity index (χ0) is 27.2. The number of piperidine rings is 1. The molecule has 0 unspecified atom stereocenters. The van der Waals surface area contributed by atoms with Crippen LogP contribution in [-0.4, -0.2) is 69.9 Å². The van der Waals surface area contributed by atoms with Gasteiger partial charge in [-0.1, -0.05) is 40.5 Å². The minimum atomic E-state index is -0.828. The second-order valence-electron chi connectivity index (χ2n) is 11.7. The van der Waals surface area contributed by atoms with Crippen molar-refractivity contribution >= 4 is 11.9 Å². The predicted molar refractivity (Wildman–Crippen MR) is 145 cm³/mol. The fourth-order valence-corrected chi connectivity index (χ4v) is 6.17. The predicted octanol–water partition coefficient (Wildman–Crippen LogP) is 4.45. The van der Waals surface area contributed by atoms with Gasteiger partial charge in [0.05, 0.1) is 5.56 Å². The number of aliphatic carboxylic acids is 1. The molecule has 1 aliphatic carbocycles. The molecule has 0 spiro atoms. The van der Waals surface area contributed by atoms with E-state index in [4.69, 9.17) is 0 Å². The van der Waals surface area contributed by atoms with Crippen molar-refractivity contribution in [3.8, 4) is 11.5 Å². The standard InChI is InChI=1S/C29H47N3O5/c1-19(2)18-29(28(36)37,21-8-5-6-9-21)31-13-7-12-30-22-10-14-32(15-11-22)27(35)24-16-23(20(3)4)25(33)17-26(24)34/h16-17,19-22,30-31,33-34H,5-15,18H2,1-4H3,(H,36,37)/t29-/m0/s1. The molecule has 1 saturated heterocycles. The molecule has 0 radical (unpaired) electrons. The van der Waals surface area contributed by atoms with Gasteiger partial charge >= 0.3 is 5.97 Å². The Bertz CT molecular complexity index is 920. The number of hydrogen-bond acceptors (Lipinski definition) is 6. The maximum atomic E-state index is 13.1. The number of rotatable bonds is 12. The van der Waals surface area contributed by atoms with E-state index in [0.717, 1.165) is 51.5 Å². The second-order valence-corrected chi connectivity index (χ2v) is 11.7. The Morgan fingerprint density at radius 3 is 2.22 bits per heavy atom. The van der Waals surface area contributed by atoms with Crippen LogP contribution in [-0.2, 0) is 4.79 Å². The maximum Gasteiger partial charge on any atom is 0.324 e. The summed E-state index contributed by atoms with van der Waals surface area (Å²) in [5.41, 5.74) is 0.0649. The van der Waals surface area contributed by atoms with Crippen molar-refractivity contribution in [2.75, 3.05) is 26.2 Å². The van der Waals surface area contributed by atoms with Gasteiger partial charge < -0.3 is 30.9 Å². The number of phenolic OH excluding ortho intramolecular Hbond substituents is 2. The van der Waals surface area contributed by atoms with Crippen LogP contribution in [0, 0.1) is 11.8 Å². The lowest BCUT2D eigenvalue weighted by molar-refractivity contribution is -0.148. The van der Waals surface area contributed by atoms with Crippen LogP contribution in [0.5, 0.6) is 11.5 Å². The molecule has 208 valence electrons. The van der Waals surface area contributed by atoms with Gasteiger partial charge in [0, 0.05) is 25.2 Å². The fraction of sp³-hybridized carbons (Fsp3) is 0.724. The second kappa shape index (κ2) is 13.0. The molecule has 2 fully saturated rings. The molecule has 8 heteroatoms. The fourth-order valence-electron chi connectivity index (χ4n) is 6.17. The van der Waals surface area contributed by atoms with Gasteiger partial charge in [0.2, 0.25) is 0 Å². The molecule has 1 heterocycles. The molecule has 2 aliphatic rings. The van der Waals surface area contributed by atoms with Crippen LogP contribution in [0.2, 0.25) is 0 Å². The van der Waals surface area contributed by atoms with E-state index in [9.17, 15) is 24.9 Å². The third-order valence-electron chi connectivity index (χ3n) is 8.17. The van der Waals surface area contributed by atoms with E-state index < -0.39 is 11.5 Å². The Balaban J connectivity index is 1.46. The zero-order valence-corrected chi connectivity index (χ0v) is 23.1. The van der Waals surface area contributed by atoms with Crippen LogP contribution in [0.4, 0.5) is 0 Å². The zero-order valence-electron chi connectivity index (χ0n) is 23.1. The summed E-state index contributed by atoms with van der Waals surface area (Å²) >= 11 is 0. The summed E-state index contributed by atoms with van der Waals surface area (Å²) in [6.07, 6.45) is 7.36. The van der Waals surface area contributed by atoms with Crippen molar-refractivity contribution in [3.05, 3.63) is 23.3 Å². The van der Waals surface area contributed by atoms with E-state index in [1.807, 2.05) is 13.8 Å². The highest BCUT2D eigenvalue weighted by molar-refractivity contribution is 5.97. The molecule has 1 amide bonds. The van der Waals surface area contributed by atoms with Crippen LogP contribution in [0.25, 0.3) is 0 Å². The summed E-state index contributed by atoms with van der Waals surface area (Å²) in [6, 6.07) is 3.17. The number of nitrogens with one attached hydrogen (secondary N) is 2. The number of nitrogens with zero attached hydrogens (tertiary/aromatic N) is 1. The first-order chi connectivity index (χ1) is 17.5. The molecule has 1 atom stereocenters. The third-order valence-corrected chi connectivity index (χ3v) is 8.17. The summed E-state index contributed by atoms with van der Waals surface area (Å²) in [6.45, 7) is 10.7. The lowest BCUT2D eigenvalue weighted by Crippen LogP contribution is -2.58. The van der Waals surface area contributed by atoms with Crippen LogP contribution >= 0.6 is 0 Å². The number of benzene rings is 1. The molecule has 0 bridgehead atoms. The van der Waals surface area contributed by atoms with Crippen molar-refractivity contribution in [2.45, 2.75) is 96.6 Å². The van der Waals surface area contributed by atoms with Gasteiger partial charge in [-0.15, -0.1) is 0 Å². The van der Waals surface area contributed by atoms with Crippen LogP contribution in [0.15, 0.2) is 12.1 Å². The summed E-state index contributed by atoms with van der Waals surface area (Å²) in [5.74, 6) is -0.535. The molecule has 5 N–H and O–H groups in total. The largest absolute Gasteiger partial charge is 0.508 e. The summed E-state index contributed by atoms with van der Waals surface area (Å²) in [7, 11) is 0. The summed E-state index contributed by atoms with van der Waals surface area (Å²) < 4.78 is 0. The van der Waals surface area contributed by atoms with Crippen molar-refractivity contribution in [1.82, 2.24) is 15.5 Å². The Morgan fingerprint density at radius 2 is 1.65 bits per heavy atom. The quantitative estimate of drug-likeness (QED) is 0.260. The number of amides is 1.